The van der Waals surface area contributed by atoms with E-state index in [9.17, 15) is 18.3 Å². The average molecular weight is 301 g/mol. The van der Waals surface area contributed by atoms with Gasteiger partial charge in [0.05, 0.1) is 6.20 Å². The maximum Gasteiger partial charge on any atom is 0.325 e. The van der Waals surface area contributed by atoms with Gasteiger partial charge >= 0.3 is 5.97 Å². The number of nitrogens with zero attached hydrogens (tertiary/aromatic N) is 2. The number of carboxylic acids is 1. The Morgan fingerprint density at radius 2 is 2.30 bits per heavy atom. The molecule has 0 saturated carbocycles. The van der Waals surface area contributed by atoms with Crippen LogP contribution in [0.5, 0.6) is 0 Å². The molecule has 1 atom stereocenters. The lowest BCUT2D eigenvalue weighted by Gasteiger charge is -2.33. The molecule has 0 amide bonds. The summed E-state index contributed by atoms with van der Waals surface area (Å²) < 4.78 is 26.4. The number of imidazole rings is 1. The van der Waals surface area contributed by atoms with Gasteiger partial charge in [0.1, 0.15) is 11.4 Å². The number of hydrogen-bond donors (Lipinski definition) is 2. The van der Waals surface area contributed by atoms with E-state index in [1.54, 1.807) is 6.92 Å². The van der Waals surface area contributed by atoms with Crippen LogP contribution in [0.25, 0.3) is 0 Å². The van der Waals surface area contributed by atoms with Crippen LogP contribution in [0.2, 0.25) is 0 Å². The number of sulfonamides is 1. The number of H-pyrrole nitrogens is 1. The Morgan fingerprint density at radius 1 is 1.60 bits per heavy atom. The van der Waals surface area contributed by atoms with Gasteiger partial charge in [0.2, 0.25) is 0 Å². The molecule has 1 fully saturated rings. The largest absolute Gasteiger partial charge is 0.480 e. The number of hydrogen-bond acceptors (Lipinski definition) is 4. The number of aromatic amines is 1. The first kappa shape index (κ1) is 15.0. The molecule has 8 heteroatoms. The molecule has 7 nitrogen and oxygen atoms in total. The first-order chi connectivity index (χ1) is 9.34. The van der Waals surface area contributed by atoms with Crippen LogP contribution in [0.4, 0.5) is 0 Å². The van der Waals surface area contributed by atoms with Crippen molar-refractivity contribution in [1.29, 1.82) is 0 Å². The van der Waals surface area contributed by atoms with E-state index in [-0.39, 0.29) is 11.6 Å². The summed E-state index contributed by atoms with van der Waals surface area (Å²) in [6, 6.07) is 0. The molecule has 1 aromatic heterocycles. The third kappa shape index (κ3) is 2.22. The molecule has 0 bridgehead atoms. The van der Waals surface area contributed by atoms with Gasteiger partial charge in [0.25, 0.3) is 10.0 Å². The molecule has 20 heavy (non-hydrogen) atoms. The summed E-state index contributed by atoms with van der Waals surface area (Å²) in [6.45, 7) is 3.74. The van der Waals surface area contributed by atoms with Crippen LogP contribution in [0.15, 0.2) is 11.2 Å². The SMILES string of the molecule is CCCC1(C(=O)O)CCCN1S(=O)(=O)c1cnc(C)[nH]1. The van der Waals surface area contributed by atoms with Crippen molar-refractivity contribution in [3.05, 3.63) is 12.0 Å². The van der Waals surface area contributed by atoms with Crippen LogP contribution < -0.4 is 0 Å². The topological polar surface area (TPSA) is 103 Å². The number of aliphatic carboxylic acids is 1. The lowest BCUT2D eigenvalue weighted by Crippen LogP contribution is -2.52. The Labute approximate surface area is 118 Å². The highest BCUT2D eigenvalue weighted by molar-refractivity contribution is 7.89. The summed E-state index contributed by atoms with van der Waals surface area (Å²) in [5, 5.41) is 9.51. The fourth-order valence-electron chi connectivity index (χ4n) is 2.84. The van der Waals surface area contributed by atoms with Gasteiger partial charge in [-0.25, -0.2) is 13.4 Å². The van der Waals surface area contributed by atoms with E-state index in [1.165, 1.54) is 6.20 Å². The highest BCUT2D eigenvalue weighted by atomic mass is 32.2. The highest BCUT2D eigenvalue weighted by Crippen LogP contribution is 2.38. The summed E-state index contributed by atoms with van der Waals surface area (Å²) in [5.41, 5.74) is -1.33. The first-order valence-corrected chi connectivity index (χ1v) is 8.06. The van der Waals surface area contributed by atoms with Crippen LogP contribution in [0.3, 0.4) is 0 Å². The smallest absolute Gasteiger partial charge is 0.325 e. The van der Waals surface area contributed by atoms with E-state index in [0.29, 0.717) is 31.5 Å². The van der Waals surface area contributed by atoms with E-state index in [2.05, 4.69) is 9.97 Å². The van der Waals surface area contributed by atoms with Crippen molar-refractivity contribution in [2.24, 2.45) is 0 Å². The fourth-order valence-corrected chi connectivity index (χ4v) is 4.63. The molecule has 0 aromatic carbocycles. The van der Waals surface area contributed by atoms with Crippen molar-refractivity contribution >= 4 is 16.0 Å². The monoisotopic (exact) mass is 301 g/mol. The summed E-state index contributed by atoms with van der Waals surface area (Å²) >= 11 is 0. The second-order valence-electron chi connectivity index (χ2n) is 5.10. The minimum Gasteiger partial charge on any atom is -0.480 e. The summed E-state index contributed by atoms with van der Waals surface area (Å²) in [6.07, 6.45) is 3.07. The third-order valence-electron chi connectivity index (χ3n) is 3.74. The maximum absolute atomic E-state index is 12.6. The first-order valence-electron chi connectivity index (χ1n) is 6.62. The molecule has 1 aliphatic heterocycles. The van der Waals surface area contributed by atoms with Crippen molar-refractivity contribution in [2.75, 3.05) is 6.54 Å². The van der Waals surface area contributed by atoms with Crippen LogP contribution in [-0.4, -0.2) is 45.9 Å². The van der Waals surface area contributed by atoms with Gasteiger partial charge in [0.15, 0.2) is 5.03 Å². The fraction of sp³-hybridized carbons (Fsp3) is 0.667. The minimum atomic E-state index is -3.86. The van der Waals surface area contributed by atoms with Gasteiger partial charge in [-0.2, -0.15) is 4.31 Å². The van der Waals surface area contributed by atoms with Crippen molar-refractivity contribution in [1.82, 2.24) is 14.3 Å². The molecular formula is C12H19N3O4S. The highest BCUT2D eigenvalue weighted by Gasteiger charge is 2.52. The molecule has 1 aliphatic rings. The number of aromatic nitrogens is 2. The molecule has 0 spiro atoms. The van der Waals surface area contributed by atoms with Gasteiger partial charge in [0, 0.05) is 6.54 Å². The standard InChI is InChI=1S/C12H19N3O4S/c1-3-5-12(11(16)17)6-4-7-15(12)20(18,19)10-8-13-9(2)14-10/h8H,3-7H2,1-2H3,(H,13,14)(H,16,17). The second-order valence-corrected chi connectivity index (χ2v) is 6.93. The molecule has 0 aliphatic carbocycles. The van der Waals surface area contributed by atoms with Gasteiger partial charge < -0.3 is 10.1 Å². The molecular weight excluding hydrogens is 282 g/mol. The minimum absolute atomic E-state index is 0.0429. The average Bonchev–Trinajstić information content (AvgIpc) is 2.97. The van der Waals surface area contributed by atoms with Gasteiger partial charge in [-0.3, -0.25) is 4.79 Å². The van der Waals surface area contributed by atoms with Crippen LogP contribution in [0.1, 0.15) is 38.4 Å². The van der Waals surface area contributed by atoms with Gasteiger partial charge in [-0.15, -0.1) is 0 Å². The zero-order chi connectivity index (χ0) is 15.0. The Hall–Kier alpha value is -1.41. The van der Waals surface area contributed by atoms with Gasteiger partial charge in [-0.05, 0) is 26.2 Å². The molecule has 0 radical (unpaired) electrons. The molecule has 2 rings (SSSR count). The Balaban J connectivity index is 2.46. The van der Waals surface area contributed by atoms with E-state index in [1.807, 2.05) is 6.92 Å². The van der Waals surface area contributed by atoms with Crippen molar-refractivity contribution in [2.45, 2.75) is 50.1 Å². The normalized spacial score (nSPS) is 24.1. The van der Waals surface area contributed by atoms with Crippen molar-refractivity contribution in [3.8, 4) is 0 Å². The Morgan fingerprint density at radius 3 is 2.80 bits per heavy atom. The van der Waals surface area contributed by atoms with Crippen LogP contribution in [0, 0.1) is 6.92 Å². The Bertz CT molecular complexity index is 610. The molecule has 1 aromatic rings. The maximum atomic E-state index is 12.6. The number of nitrogens with one attached hydrogen (secondary N) is 1. The summed E-state index contributed by atoms with van der Waals surface area (Å²) in [7, 11) is -3.86. The molecule has 112 valence electrons. The second kappa shape index (κ2) is 5.17. The van der Waals surface area contributed by atoms with E-state index < -0.39 is 21.5 Å². The Kier molecular flexibility index (Phi) is 3.88. The molecule has 2 N–H and O–H groups in total. The number of rotatable bonds is 5. The van der Waals surface area contributed by atoms with Crippen LogP contribution in [-0.2, 0) is 14.8 Å². The molecule has 1 unspecified atom stereocenters. The van der Waals surface area contributed by atoms with E-state index in [0.717, 1.165) is 4.31 Å². The molecule has 2 heterocycles. The van der Waals surface area contributed by atoms with E-state index in [4.69, 9.17) is 0 Å². The number of carbonyl (C=O) groups is 1. The molecule has 1 saturated heterocycles. The quantitative estimate of drug-likeness (QED) is 0.848. The van der Waals surface area contributed by atoms with Crippen molar-refractivity contribution in [3.63, 3.8) is 0 Å². The number of carboxylic acid groups (broad SMARTS) is 1. The third-order valence-corrected chi connectivity index (χ3v) is 5.61. The number of aryl methyl sites for hydroxylation is 1. The zero-order valence-corrected chi connectivity index (χ0v) is 12.4. The van der Waals surface area contributed by atoms with Crippen LogP contribution >= 0.6 is 0 Å². The predicted molar refractivity (Wildman–Crippen MR) is 71.7 cm³/mol. The summed E-state index contributed by atoms with van der Waals surface area (Å²) in [5.74, 6) is -0.587. The predicted octanol–water partition coefficient (Wildman–Crippen LogP) is 1.13. The summed E-state index contributed by atoms with van der Waals surface area (Å²) in [4.78, 5) is 18.2. The lowest BCUT2D eigenvalue weighted by atomic mass is 9.92. The van der Waals surface area contributed by atoms with Crippen molar-refractivity contribution < 1.29 is 18.3 Å². The van der Waals surface area contributed by atoms with Gasteiger partial charge in [-0.1, -0.05) is 13.3 Å². The lowest BCUT2D eigenvalue weighted by molar-refractivity contribution is -0.147. The zero-order valence-electron chi connectivity index (χ0n) is 11.6. The van der Waals surface area contributed by atoms with E-state index >= 15 is 0 Å².